The van der Waals surface area contributed by atoms with Gasteiger partial charge in [-0.05, 0) is 36.6 Å². The zero-order valence-corrected chi connectivity index (χ0v) is 14.1. The zero-order chi connectivity index (χ0) is 18.2. The largest absolute Gasteiger partial charge is 0.322 e. The third-order valence-electron chi connectivity index (χ3n) is 3.94. The van der Waals surface area contributed by atoms with E-state index in [9.17, 15) is 19.3 Å². The summed E-state index contributed by atoms with van der Waals surface area (Å²) in [6, 6.07) is 10.2. The Morgan fingerprint density at radius 2 is 1.84 bits per heavy atom. The summed E-state index contributed by atoms with van der Waals surface area (Å²) in [4.78, 5) is 22.3. The van der Waals surface area contributed by atoms with Gasteiger partial charge < -0.3 is 5.32 Å². The number of aryl methyl sites for hydroxylation is 1. The molecule has 0 aliphatic carbocycles. The number of halogens is 1. The zero-order valence-electron chi connectivity index (χ0n) is 14.1. The minimum absolute atomic E-state index is 0.325. The highest BCUT2D eigenvalue weighted by atomic mass is 19.1. The van der Waals surface area contributed by atoms with Crippen molar-refractivity contribution in [1.82, 2.24) is 0 Å². The van der Waals surface area contributed by atoms with E-state index in [0.29, 0.717) is 5.69 Å². The monoisotopic (exact) mass is 344 g/mol. The molecule has 0 saturated heterocycles. The highest BCUT2D eigenvalue weighted by molar-refractivity contribution is 6.04. The number of benzene rings is 2. The van der Waals surface area contributed by atoms with Crippen molar-refractivity contribution in [3.05, 3.63) is 69.5 Å². The standard InChI is InChI=1S/C19H21FN2O3/c1-2-3-4-5-6-14-7-9-15(10-8-14)21-19(23)17-13-16(22(24)25)11-12-18(17)20/h7-13H,2-6H2,1H3,(H,21,23). The lowest BCUT2D eigenvalue weighted by molar-refractivity contribution is -0.384. The lowest BCUT2D eigenvalue weighted by Gasteiger charge is -2.07. The summed E-state index contributed by atoms with van der Waals surface area (Å²) < 4.78 is 13.8. The molecule has 0 spiro atoms. The smallest absolute Gasteiger partial charge is 0.270 e. The van der Waals surface area contributed by atoms with Crippen LogP contribution in [0.4, 0.5) is 15.8 Å². The Morgan fingerprint density at radius 1 is 1.12 bits per heavy atom. The molecule has 5 nitrogen and oxygen atoms in total. The van der Waals surface area contributed by atoms with Crippen LogP contribution in [0.2, 0.25) is 0 Å². The van der Waals surface area contributed by atoms with Crippen molar-refractivity contribution in [2.45, 2.75) is 39.0 Å². The molecular weight excluding hydrogens is 323 g/mol. The first-order valence-corrected chi connectivity index (χ1v) is 8.35. The maximum atomic E-state index is 13.8. The average molecular weight is 344 g/mol. The first kappa shape index (κ1) is 18.6. The number of anilines is 1. The van der Waals surface area contributed by atoms with E-state index in [1.165, 1.54) is 24.8 Å². The number of carbonyl (C=O) groups is 1. The topological polar surface area (TPSA) is 72.2 Å². The average Bonchev–Trinajstić information content (AvgIpc) is 2.60. The molecule has 0 aromatic heterocycles. The minimum atomic E-state index is -0.796. The van der Waals surface area contributed by atoms with Gasteiger partial charge in [-0.2, -0.15) is 0 Å². The number of nitrogens with zero attached hydrogens (tertiary/aromatic N) is 1. The molecule has 0 bridgehead atoms. The maximum Gasteiger partial charge on any atom is 0.270 e. The molecule has 1 N–H and O–H groups in total. The minimum Gasteiger partial charge on any atom is -0.322 e. The molecule has 0 fully saturated rings. The summed E-state index contributed by atoms with van der Waals surface area (Å²) in [5, 5.41) is 13.3. The van der Waals surface area contributed by atoms with Crippen LogP contribution in [-0.4, -0.2) is 10.8 Å². The Bertz CT molecular complexity index is 745. The molecule has 0 saturated carbocycles. The number of amides is 1. The number of rotatable bonds is 8. The van der Waals surface area contributed by atoms with Gasteiger partial charge in [0.15, 0.2) is 0 Å². The Labute approximate surface area is 146 Å². The fourth-order valence-corrected chi connectivity index (χ4v) is 2.51. The Morgan fingerprint density at radius 3 is 2.48 bits per heavy atom. The highest BCUT2D eigenvalue weighted by Gasteiger charge is 2.17. The molecule has 0 unspecified atom stereocenters. The van der Waals surface area contributed by atoms with E-state index >= 15 is 0 Å². The molecule has 2 aromatic rings. The number of unbranched alkanes of at least 4 members (excludes halogenated alkanes) is 3. The van der Waals surface area contributed by atoms with Gasteiger partial charge in [-0.25, -0.2) is 4.39 Å². The maximum absolute atomic E-state index is 13.8. The Kier molecular flexibility index (Phi) is 6.62. The molecule has 0 aliphatic rings. The first-order valence-electron chi connectivity index (χ1n) is 8.35. The number of hydrogen-bond donors (Lipinski definition) is 1. The number of carbonyl (C=O) groups excluding carboxylic acids is 1. The van der Waals surface area contributed by atoms with Crippen molar-refractivity contribution in [3.63, 3.8) is 0 Å². The molecule has 0 aliphatic heterocycles. The van der Waals surface area contributed by atoms with Crippen LogP contribution in [-0.2, 0) is 6.42 Å². The van der Waals surface area contributed by atoms with Gasteiger partial charge in [-0.3, -0.25) is 14.9 Å². The van der Waals surface area contributed by atoms with Crippen LogP contribution in [0.5, 0.6) is 0 Å². The van der Waals surface area contributed by atoms with Gasteiger partial charge in [0, 0.05) is 17.8 Å². The number of nitro groups is 1. The molecule has 0 radical (unpaired) electrons. The summed E-state index contributed by atoms with van der Waals surface area (Å²) in [6.45, 7) is 2.17. The van der Waals surface area contributed by atoms with Gasteiger partial charge in [-0.15, -0.1) is 0 Å². The summed E-state index contributed by atoms with van der Waals surface area (Å²) in [7, 11) is 0. The normalized spacial score (nSPS) is 10.5. The van der Waals surface area contributed by atoms with Crippen molar-refractivity contribution in [2.24, 2.45) is 0 Å². The second kappa shape index (κ2) is 8.92. The summed E-state index contributed by atoms with van der Waals surface area (Å²) in [5.41, 5.74) is 1.02. The molecule has 132 valence electrons. The molecule has 2 aromatic carbocycles. The van der Waals surface area contributed by atoms with E-state index < -0.39 is 16.6 Å². The molecule has 6 heteroatoms. The third kappa shape index (κ3) is 5.38. The van der Waals surface area contributed by atoms with E-state index in [1.807, 2.05) is 12.1 Å². The Hall–Kier alpha value is -2.76. The SMILES string of the molecule is CCCCCCc1ccc(NC(=O)c2cc([N+](=O)[O-])ccc2F)cc1. The van der Waals surface area contributed by atoms with Crippen LogP contribution in [0.3, 0.4) is 0 Å². The van der Waals surface area contributed by atoms with Gasteiger partial charge in [0.2, 0.25) is 0 Å². The molecular formula is C19H21FN2O3. The fourth-order valence-electron chi connectivity index (χ4n) is 2.51. The van der Waals surface area contributed by atoms with Crippen LogP contribution in [0, 0.1) is 15.9 Å². The molecule has 2 rings (SSSR count). The van der Waals surface area contributed by atoms with E-state index in [1.54, 1.807) is 12.1 Å². The van der Waals surface area contributed by atoms with Crippen LogP contribution in [0.1, 0.15) is 48.5 Å². The fraction of sp³-hybridized carbons (Fsp3) is 0.316. The van der Waals surface area contributed by atoms with Crippen LogP contribution in [0.15, 0.2) is 42.5 Å². The van der Waals surface area contributed by atoms with E-state index in [-0.39, 0.29) is 11.3 Å². The van der Waals surface area contributed by atoms with Gasteiger partial charge in [-0.1, -0.05) is 38.3 Å². The highest BCUT2D eigenvalue weighted by Crippen LogP contribution is 2.19. The number of hydrogen-bond acceptors (Lipinski definition) is 3. The predicted octanol–water partition coefficient (Wildman–Crippen LogP) is 5.11. The molecule has 0 heterocycles. The van der Waals surface area contributed by atoms with Crippen molar-refractivity contribution in [1.29, 1.82) is 0 Å². The molecule has 1 amide bonds. The summed E-state index contributed by atoms with van der Waals surface area (Å²) >= 11 is 0. The van der Waals surface area contributed by atoms with Crippen LogP contribution >= 0.6 is 0 Å². The number of non-ortho nitro benzene ring substituents is 1. The van der Waals surface area contributed by atoms with Crippen molar-refractivity contribution in [3.8, 4) is 0 Å². The molecule has 0 atom stereocenters. The van der Waals surface area contributed by atoms with E-state index in [0.717, 1.165) is 31.0 Å². The van der Waals surface area contributed by atoms with E-state index in [4.69, 9.17) is 0 Å². The van der Waals surface area contributed by atoms with Crippen molar-refractivity contribution < 1.29 is 14.1 Å². The van der Waals surface area contributed by atoms with Crippen molar-refractivity contribution in [2.75, 3.05) is 5.32 Å². The van der Waals surface area contributed by atoms with Gasteiger partial charge >= 0.3 is 0 Å². The summed E-state index contributed by atoms with van der Waals surface area (Å²) in [5.74, 6) is -1.51. The van der Waals surface area contributed by atoms with Gasteiger partial charge in [0.25, 0.3) is 11.6 Å². The number of nitrogens with one attached hydrogen (secondary N) is 1. The first-order chi connectivity index (χ1) is 12.0. The Balaban J connectivity index is 2.01. The van der Waals surface area contributed by atoms with Crippen LogP contribution in [0.25, 0.3) is 0 Å². The third-order valence-corrected chi connectivity index (χ3v) is 3.94. The summed E-state index contributed by atoms with van der Waals surface area (Å²) in [6.07, 6.45) is 5.72. The predicted molar refractivity (Wildman–Crippen MR) is 95.3 cm³/mol. The van der Waals surface area contributed by atoms with Gasteiger partial charge in [0.05, 0.1) is 10.5 Å². The number of nitro benzene ring substituents is 1. The quantitative estimate of drug-likeness (QED) is 0.411. The van der Waals surface area contributed by atoms with Crippen LogP contribution < -0.4 is 5.32 Å². The van der Waals surface area contributed by atoms with Crippen molar-refractivity contribution >= 4 is 17.3 Å². The lowest BCUT2D eigenvalue weighted by atomic mass is 10.1. The second-order valence-electron chi connectivity index (χ2n) is 5.88. The van der Waals surface area contributed by atoms with Gasteiger partial charge in [0.1, 0.15) is 5.82 Å². The molecule has 25 heavy (non-hydrogen) atoms. The lowest BCUT2D eigenvalue weighted by Crippen LogP contribution is -2.14. The second-order valence-corrected chi connectivity index (χ2v) is 5.88. The van der Waals surface area contributed by atoms with E-state index in [2.05, 4.69) is 12.2 Å².